The maximum absolute atomic E-state index is 12.2. The Bertz CT molecular complexity index is 701. The molecule has 0 aliphatic heterocycles. The van der Waals surface area contributed by atoms with Gasteiger partial charge >= 0.3 is 0 Å². The van der Waals surface area contributed by atoms with Crippen LogP contribution in [0.4, 0.5) is 11.4 Å². The van der Waals surface area contributed by atoms with Crippen molar-refractivity contribution in [2.45, 2.75) is 13.0 Å². The van der Waals surface area contributed by atoms with Gasteiger partial charge in [0.25, 0.3) is 5.91 Å². The van der Waals surface area contributed by atoms with Crippen LogP contribution in [0.5, 0.6) is 0 Å². The van der Waals surface area contributed by atoms with Gasteiger partial charge in [-0.05, 0) is 49.4 Å². The van der Waals surface area contributed by atoms with E-state index in [2.05, 4.69) is 31.9 Å². The van der Waals surface area contributed by atoms with Crippen LogP contribution in [0, 0.1) is 0 Å². The Balaban J connectivity index is 2.00. The molecule has 0 aliphatic rings. The summed E-state index contributed by atoms with van der Waals surface area (Å²) in [5.74, 6) is -0.321. The quantitative estimate of drug-likeness (QED) is 0.750. The number of anilines is 2. The number of amides is 2. The molecular formula is C17H18BrN3O2. The Labute approximate surface area is 143 Å². The molecule has 6 heteroatoms. The van der Waals surface area contributed by atoms with Crippen molar-refractivity contribution in [2.24, 2.45) is 0 Å². The normalized spacial score (nSPS) is 11.4. The zero-order valence-electron chi connectivity index (χ0n) is 12.9. The number of halogens is 1. The van der Waals surface area contributed by atoms with Crippen LogP contribution >= 0.6 is 15.9 Å². The maximum Gasteiger partial charge on any atom is 0.251 e. The molecule has 2 aromatic rings. The molecule has 0 radical (unpaired) electrons. The smallest absolute Gasteiger partial charge is 0.251 e. The highest BCUT2D eigenvalue weighted by Gasteiger charge is 2.13. The SMILES string of the molecule is CNC(=O)c1cccc(N[C@@H](C)C(=O)Nc2ccc(Br)cc2)c1. The lowest BCUT2D eigenvalue weighted by atomic mass is 10.1. The molecule has 2 aromatic carbocycles. The van der Waals surface area contributed by atoms with E-state index in [4.69, 9.17) is 0 Å². The minimum absolute atomic E-state index is 0.155. The van der Waals surface area contributed by atoms with Crippen LogP contribution in [0.25, 0.3) is 0 Å². The molecule has 1 atom stereocenters. The van der Waals surface area contributed by atoms with E-state index in [1.54, 1.807) is 32.2 Å². The number of hydrogen-bond acceptors (Lipinski definition) is 3. The molecule has 2 amide bonds. The van der Waals surface area contributed by atoms with Crippen molar-refractivity contribution >= 4 is 39.1 Å². The van der Waals surface area contributed by atoms with Gasteiger partial charge in [0.15, 0.2) is 0 Å². The number of benzene rings is 2. The molecule has 5 nitrogen and oxygen atoms in total. The van der Waals surface area contributed by atoms with Crippen molar-refractivity contribution in [3.8, 4) is 0 Å². The highest BCUT2D eigenvalue weighted by Crippen LogP contribution is 2.15. The van der Waals surface area contributed by atoms with Gasteiger partial charge < -0.3 is 16.0 Å². The number of carbonyl (C=O) groups excluding carboxylic acids is 2. The van der Waals surface area contributed by atoms with E-state index in [1.807, 2.05) is 30.3 Å². The molecule has 0 bridgehead atoms. The molecule has 0 spiro atoms. The molecule has 2 rings (SSSR count). The van der Waals surface area contributed by atoms with Crippen molar-refractivity contribution in [3.63, 3.8) is 0 Å². The third kappa shape index (κ3) is 4.82. The molecule has 0 aromatic heterocycles. The van der Waals surface area contributed by atoms with Crippen LogP contribution in [-0.4, -0.2) is 24.9 Å². The van der Waals surface area contributed by atoms with E-state index >= 15 is 0 Å². The van der Waals surface area contributed by atoms with Gasteiger partial charge in [0, 0.05) is 28.5 Å². The maximum atomic E-state index is 12.2. The minimum Gasteiger partial charge on any atom is -0.374 e. The highest BCUT2D eigenvalue weighted by atomic mass is 79.9. The van der Waals surface area contributed by atoms with Gasteiger partial charge in [0.2, 0.25) is 5.91 Å². The van der Waals surface area contributed by atoms with Crippen molar-refractivity contribution in [3.05, 3.63) is 58.6 Å². The summed E-state index contributed by atoms with van der Waals surface area (Å²) >= 11 is 3.35. The van der Waals surface area contributed by atoms with Crippen LogP contribution in [-0.2, 0) is 4.79 Å². The van der Waals surface area contributed by atoms with Crippen LogP contribution in [0.2, 0.25) is 0 Å². The predicted octanol–water partition coefficient (Wildman–Crippen LogP) is 3.25. The molecule has 0 saturated carbocycles. The Morgan fingerprint density at radius 1 is 1.04 bits per heavy atom. The summed E-state index contributed by atoms with van der Waals surface area (Å²) in [4.78, 5) is 23.8. The van der Waals surface area contributed by atoms with Crippen LogP contribution in [0.3, 0.4) is 0 Å². The average Bonchev–Trinajstić information content (AvgIpc) is 2.56. The average molecular weight is 376 g/mol. The van der Waals surface area contributed by atoms with E-state index in [0.29, 0.717) is 11.3 Å². The summed E-state index contributed by atoms with van der Waals surface area (Å²) in [6, 6.07) is 13.9. The second-order valence-corrected chi connectivity index (χ2v) is 5.94. The molecule has 3 N–H and O–H groups in total. The highest BCUT2D eigenvalue weighted by molar-refractivity contribution is 9.10. The molecular weight excluding hydrogens is 358 g/mol. The number of rotatable bonds is 5. The topological polar surface area (TPSA) is 70.2 Å². The van der Waals surface area contributed by atoms with Gasteiger partial charge in [-0.1, -0.05) is 22.0 Å². The summed E-state index contributed by atoms with van der Waals surface area (Å²) in [6.45, 7) is 1.76. The monoisotopic (exact) mass is 375 g/mol. The summed E-state index contributed by atoms with van der Waals surface area (Å²) in [7, 11) is 1.58. The summed E-state index contributed by atoms with van der Waals surface area (Å²) in [5, 5.41) is 8.50. The van der Waals surface area contributed by atoms with Crippen molar-refractivity contribution in [1.82, 2.24) is 5.32 Å². The second-order valence-electron chi connectivity index (χ2n) is 5.02. The molecule has 0 heterocycles. The van der Waals surface area contributed by atoms with E-state index in [-0.39, 0.29) is 11.8 Å². The molecule has 0 unspecified atom stereocenters. The number of hydrogen-bond donors (Lipinski definition) is 3. The Morgan fingerprint density at radius 2 is 1.74 bits per heavy atom. The van der Waals surface area contributed by atoms with Crippen molar-refractivity contribution in [2.75, 3.05) is 17.7 Å². The van der Waals surface area contributed by atoms with Crippen molar-refractivity contribution in [1.29, 1.82) is 0 Å². The van der Waals surface area contributed by atoms with Gasteiger partial charge in [-0.2, -0.15) is 0 Å². The molecule has 0 aliphatic carbocycles. The molecule has 23 heavy (non-hydrogen) atoms. The number of nitrogens with one attached hydrogen (secondary N) is 3. The van der Waals surface area contributed by atoms with Gasteiger partial charge in [-0.15, -0.1) is 0 Å². The molecule has 0 saturated heterocycles. The minimum atomic E-state index is -0.446. The number of carbonyl (C=O) groups is 2. The fraction of sp³-hybridized carbons (Fsp3) is 0.176. The first kappa shape index (κ1) is 17.0. The van der Waals surface area contributed by atoms with E-state index in [1.165, 1.54) is 0 Å². The van der Waals surface area contributed by atoms with Gasteiger partial charge in [-0.3, -0.25) is 9.59 Å². The largest absolute Gasteiger partial charge is 0.374 e. The zero-order chi connectivity index (χ0) is 16.8. The lowest BCUT2D eigenvalue weighted by molar-refractivity contribution is -0.116. The first-order chi connectivity index (χ1) is 11.0. The van der Waals surface area contributed by atoms with E-state index in [0.717, 1.165) is 10.2 Å². The predicted molar refractivity (Wildman–Crippen MR) is 95.7 cm³/mol. The fourth-order valence-electron chi connectivity index (χ4n) is 1.99. The second kappa shape index (κ2) is 7.78. The third-order valence-electron chi connectivity index (χ3n) is 3.24. The summed E-state index contributed by atoms with van der Waals surface area (Å²) < 4.78 is 0.952. The Morgan fingerprint density at radius 3 is 2.39 bits per heavy atom. The standard InChI is InChI=1S/C17H18BrN3O2/c1-11(16(22)21-14-8-6-13(18)7-9-14)20-15-5-3-4-12(10-15)17(23)19-2/h3-11,20H,1-2H3,(H,19,23)(H,21,22)/t11-/m0/s1. The summed E-state index contributed by atoms with van der Waals surface area (Å²) in [5.41, 5.74) is 1.98. The molecule has 120 valence electrons. The first-order valence-corrected chi connectivity index (χ1v) is 7.94. The van der Waals surface area contributed by atoms with Crippen LogP contribution < -0.4 is 16.0 Å². The Hall–Kier alpha value is -2.34. The third-order valence-corrected chi connectivity index (χ3v) is 3.77. The lowest BCUT2D eigenvalue weighted by Gasteiger charge is -2.16. The van der Waals surface area contributed by atoms with Crippen LogP contribution in [0.15, 0.2) is 53.0 Å². The lowest BCUT2D eigenvalue weighted by Crippen LogP contribution is -2.32. The van der Waals surface area contributed by atoms with E-state index < -0.39 is 6.04 Å². The fourth-order valence-corrected chi connectivity index (χ4v) is 2.26. The first-order valence-electron chi connectivity index (χ1n) is 7.14. The van der Waals surface area contributed by atoms with Gasteiger partial charge in [0.1, 0.15) is 6.04 Å². The van der Waals surface area contributed by atoms with Gasteiger partial charge in [0.05, 0.1) is 0 Å². The summed E-state index contributed by atoms with van der Waals surface area (Å²) in [6.07, 6.45) is 0. The zero-order valence-corrected chi connectivity index (χ0v) is 14.5. The van der Waals surface area contributed by atoms with Crippen LogP contribution in [0.1, 0.15) is 17.3 Å². The van der Waals surface area contributed by atoms with Crippen molar-refractivity contribution < 1.29 is 9.59 Å². The molecule has 0 fully saturated rings. The Kier molecular flexibility index (Phi) is 5.76. The van der Waals surface area contributed by atoms with Gasteiger partial charge in [-0.25, -0.2) is 0 Å². The van der Waals surface area contributed by atoms with E-state index in [9.17, 15) is 9.59 Å².